The summed E-state index contributed by atoms with van der Waals surface area (Å²) in [5.41, 5.74) is 6.85. The van der Waals surface area contributed by atoms with Crippen molar-refractivity contribution in [3.63, 3.8) is 0 Å². The molecule has 0 fully saturated rings. The molecule has 4 nitrogen and oxygen atoms in total. The van der Waals surface area contributed by atoms with Crippen molar-refractivity contribution in [1.29, 1.82) is 0 Å². The summed E-state index contributed by atoms with van der Waals surface area (Å²) in [5.74, 6) is 1.36. The minimum atomic E-state index is 0.509. The number of hydrogen-bond acceptors (Lipinski definition) is 2. The van der Waals surface area contributed by atoms with E-state index in [-0.39, 0.29) is 0 Å². The van der Waals surface area contributed by atoms with Crippen LogP contribution in [0.5, 0.6) is 5.75 Å². The maximum atomic E-state index is 5.73. The van der Waals surface area contributed by atoms with E-state index in [9.17, 15) is 0 Å². The van der Waals surface area contributed by atoms with Crippen molar-refractivity contribution >= 4 is 5.96 Å². The van der Waals surface area contributed by atoms with Crippen LogP contribution in [0.25, 0.3) is 0 Å². The third kappa shape index (κ3) is 5.24. The number of rotatable bonds is 6. The summed E-state index contributed by atoms with van der Waals surface area (Å²) >= 11 is 0. The minimum Gasteiger partial charge on any atom is -0.497 e. The summed E-state index contributed by atoms with van der Waals surface area (Å²) in [6.07, 6.45) is 2.26. The minimum absolute atomic E-state index is 0.509. The summed E-state index contributed by atoms with van der Waals surface area (Å²) in [6.45, 7) is 3.62. The highest BCUT2D eigenvalue weighted by Gasteiger charge is 1.94. The third-order valence-electron chi connectivity index (χ3n) is 2.43. The maximum Gasteiger partial charge on any atom is 0.188 e. The fraction of sp³-hybridized carbons (Fsp3) is 0.462. The van der Waals surface area contributed by atoms with Gasteiger partial charge in [0.05, 0.1) is 13.7 Å². The quantitative estimate of drug-likeness (QED) is 0.450. The van der Waals surface area contributed by atoms with Gasteiger partial charge in [-0.2, -0.15) is 0 Å². The van der Waals surface area contributed by atoms with Gasteiger partial charge >= 0.3 is 0 Å². The van der Waals surface area contributed by atoms with E-state index >= 15 is 0 Å². The fourth-order valence-electron chi connectivity index (χ4n) is 1.36. The van der Waals surface area contributed by atoms with Crippen LogP contribution < -0.4 is 15.8 Å². The van der Waals surface area contributed by atoms with E-state index < -0.39 is 0 Å². The van der Waals surface area contributed by atoms with Crippen molar-refractivity contribution in [3.05, 3.63) is 29.8 Å². The number of methoxy groups -OCH3 is 1. The van der Waals surface area contributed by atoms with Gasteiger partial charge in [-0.1, -0.05) is 25.5 Å². The number of nitrogens with two attached hydrogens (primary N) is 1. The molecule has 0 heterocycles. The number of unbranched alkanes of at least 4 members (excludes halogenated alkanes) is 1. The zero-order valence-corrected chi connectivity index (χ0v) is 10.6. The maximum absolute atomic E-state index is 5.73. The molecule has 0 radical (unpaired) electrons. The van der Waals surface area contributed by atoms with Crippen molar-refractivity contribution in [2.45, 2.75) is 26.3 Å². The Kier molecular flexibility index (Phi) is 5.93. The molecule has 4 heteroatoms. The number of aliphatic imine (C=N–C) groups is 1. The number of ether oxygens (including phenoxy) is 1. The van der Waals surface area contributed by atoms with E-state index in [0.29, 0.717) is 12.5 Å². The highest BCUT2D eigenvalue weighted by atomic mass is 16.5. The number of nitrogens with one attached hydrogen (secondary N) is 1. The standard InChI is InChI=1S/C13H21N3O/c1-3-4-9-15-13(14)16-10-11-5-7-12(17-2)8-6-11/h5-8H,3-4,9-10H2,1-2H3,(H3,14,15,16). The van der Waals surface area contributed by atoms with Crippen LogP contribution in [-0.4, -0.2) is 19.6 Å². The van der Waals surface area contributed by atoms with Crippen LogP contribution in [0.2, 0.25) is 0 Å². The van der Waals surface area contributed by atoms with Crippen LogP contribution in [-0.2, 0) is 6.54 Å². The third-order valence-corrected chi connectivity index (χ3v) is 2.43. The van der Waals surface area contributed by atoms with Gasteiger partial charge in [-0.25, -0.2) is 4.99 Å². The SMILES string of the molecule is CCCCNC(N)=NCc1ccc(OC)cc1. The zero-order valence-electron chi connectivity index (χ0n) is 10.6. The molecule has 0 saturated heterocycles. The second kappa shape index (κ2) is 7.54. The summed E-state index contributed by atoms with van der Waals surface area (Å²) < 4.78 is 5.09. The van der Waals surface area contributed by atoms with Crippen molar-refractivity contribution in [1.82, 2.24) is 5.32 Å². The Labute approximate surface area is 103 Å². The Morgan fingerprint density at radius 1 is 1.35 bits per heavy atom. The lowest BCUT2D eigenvalue weighted by atomic mass is 10.2. The zero-order chi connectivity index (χ0) is 12.5. The molecule has 0 aromatic heterocycles. The Hall–Kier alpha value is -1.71. The van der Waals surface area contributed by atoms with E-state index in [4.69, 9.17) is 10.5 Å². The Balaban J connectivity index is 2.39. The Morgan fingerprint density at radius 3 is 2.65 bits per heavy atom. The smallest absolute Gasteiger partial charge is 0.188 e. The second-order valence-electron chi connectivity index (χ2n) is 3.83. The number of benzene rings is 1. The van der Waals surface area contributed by atoms with Gasteiger partial charge in [-0.05, 0) is 24.1 Å². The van der Waals surface area contributed by atoms with Crippen LogP contribution in [0.15, 0.2) is 29.3 Å². The monoisotopic (exact) mass is 235 g/mol. The molecule has 0 aliphatic heterocycles. The van der Waals surface area contributed by atoms with Gasteiger partial charge in [0.15, 0.2) is 5.96 Å². The molecule has 0 unspecified atom stereocenters. The number of guanidine groups is 1. The first-order valence-electron chi connectivity index (χ1n) is 5.93. The molecular weight excluding hydrogens is 214 g/mol. The van der Waals surface area contributed by atoms with Gasteiger partial charge < -0.3 is 15.8 Å². The van der Waals surface area contributed by atoms with Gasteiger partial charge in [0.25, 0.3) is 0 Å². The molecule has 0 atom stereocenters. The lowest BCUT2D eigenvalue weighted by molar-refractivity contribution is 0.414. The number of hydrogen-bond donors (Lipinski definition) is 2. The van der Waals surface area contributed by atoms with Crippen molar-refractivity contribution in [2.24, 2.45) is 10.7 Å². The van der Waals surface area contributed by atoms with Gasteiger partial charge in [0, 0.05) is 6.54 Å². The predicted octanol–water partition coefficient (Wildman–Crippen LogP) is 1.90. The van der Waals surface area contributed by atoms with Crippen LogP contribution in [0, 0.1) is 0 Å². The van der Waals surface area contributed by atoms with E-state index in [1.807, 2.05) is 24.3 Å². The largest absolute Gasteiger partial charge is 0.497 e. The van der Waals surface area contributed by atoms with E-state index in [2.05, 4.69) is 17.2 Å². The molecule has 0 aliphatic carbocycles. The molecule has 0 aliphatic rings. The summed E-state index contributed by atoms with van der Waals surface area (Å²) in [6, 6.07) is 7.82. The molecule has 0 bridgehead atoms. The van der Waals surface area contributed by atoms with Crippen molar-refractivity contribution in [2.75, 3.05) is 13.7 Å². The van der Waals surface area contributed by atoms with Crippen molar-refractivity contribution in [3.8, 4) is 5.75 Å². The van der Waals surface area contributed by atoms with Gasteiger partial charge in [0.2, 0.25) is 0 Å². The van der Waals surface area contributed by atoms with Gasteiger partial charge in [0.1, 0.15) is 5.75 Å². The summed E-state index contributed by atoms with van der Waals surface area (Å²) in [7, 11) is 1.66. The van der Waals surface area contributed by atoms with Crippen LogP contribution in [0.1, 0.15) is 25.3 Å². The first-order valence-corrected chi connectivity index (χ1v) is 5.93. The van der Waals surface area contributed by atoms with Crippen LogP contribution in [0.3, 0.4) is 0 Å². The number of nitrogens with zero attached hydrogens (tertiary/aromatic N) is 1. The first-order chi connectivity index (χ1) is 8.26. The lowest BCUT2D eigenvalue weighted by Crippen LogP contribution is -2.32. The second-order valence-corrected chi connectivity index (χ2v) is 3.83. The van der Waals surface area contributed by atoms with Crippen molar-refractivity contribution < 1.29 is 4.74 Å². The summed E-state index contributed by atoms with van der Waals surface area (Å²) in [4.78, 5) is 4.26. The highest BCUT2D eigenvalue weighted by Crippen LogP contribution is 2.11. The first kappa shape index (κ1) is 13.4. The molecule has 0 spiro atoms. The molecule has 0 amide bonds. The molecule has 0 saturated carbocycles. The van der Waals surface area contributed by atoms with Crippen LogP contribution >= 0.6 is 0 Å². The van der Waals surface area contributed by atoms with E-state index in [1.165, 1.54) is 0 Å². The molecule has 3 N–H and O–H groups in total. The molecule has 94 valence electrons. The molecule has 17 heavy (non-hydrogen) atoms. The summed E-state index contributed by atoms with van der Waals surface area (Å²) in [5, 5.41) is 3.08. The topological polar surface area (TPSA) is 59.6 Å². The Morgan fingerprint density at radius 2 is 2.06 bits per heavy atom. The van der Waals surface area contributed by atoms with Crippen LogP contribution in [0.4, 0.5) is 0 Å². The lowest BCUT2D eigenvalue weighted by Gasteiger charge is -2.05. The highest BCUT2D eigenvalue weighted by molar-refractivity contribution is 5.77. The average molecular weight is 235 g/mol. The average Bonchev–Trinajstić information content (AvgIpc) is 2.37. The normalized spacial score (nSPS) is 11.3. The molecular formula is C13H21N3O. The fourth-order valence-corrected chi connectivity index (χ4v) is 1.36. The van der Waals surface area contributed by atoms with Gasteiger partial charge in [-0.15, -0.1) is 0 Å². The van der Waals surface area contributed by atoms with Gasteiger partial charge in [-0.3, -0.25) is 0 Å². The molecule has 1 aromatic carbocycles. The Bertz CT molecular complexity index is 346. The van der Waals surface area contributed by atoms with E-state index in [0.717, 1.165) is 30.7 Å². The molecule has 1 rings (SSSR count). The predicted molar refractivity (Wildman–Crippen MR) is 71.2 cm³/mol. The molecule has 1 aromatic rings. The van der Waals surface area contributed by atoms with E-state index in [1.54, 1.807) is 7.11 Å².